The summed E-state index contributed by atoms with van der Waals surface area (Å²) in [7, 11) is 0. The number of halogens is 1. The number of likely N-dealkylation sites (tertiary alicyclic amines) is 1. The number of benzene rings is 2. The smallest absolute Gasteiger partial charge is 0.128 e. The molecule has 0 radical (unpaired) electrons. The molecule has 2 N–H and O–H groups in total. The molecule has 1 aromatic heterocycles. The van der Waals surface area contributed by atoms with E-state index >= 15 is 0 Å². The fourth-order valence-electron chi connectivity index (χ4n) is 3.83. The van der Waals surface area contributed by atoms with Gasteiger partial charge >= 0.3 is 0 Å². The van der Waals surface area contributed by atoms with Gasteiger partial charge in [-0.3, -0.25) is 0 Å². The van der Waals surface area contributed by atoms with Gasteiger partial charge in [-0.1, -0.05) is 23.7 Å². The predicted molar refractivity (Wildman–Crippen MR) is 116 cm³/mol. The van der Waals surface area contributed by atoms with E-state index in [2.05, 4.69) is 9.88 Å². The summed E-state index contributed by atoms with van der Waals surface area (Å²) in [6.45, 7) is 3.57. The third kappa shape index (κ3) is 5.44. The predicted octanol–water partition coefficient (Wildman–Crippen LogP) is 4.35. The van der Waals surface area contributed by atoms with E-state index in [0.717, 1.165) is 48.3 Å². The van der Waals surface area contributed by atoms with Crippen molar-refractivity contribution in [3.05, 3.63) is 59.8 Å². The number of β-amino-alcohol motifs (C(OH)–C–C–N with tert-alkyl or cyclic N) is 1. The maximum absolute atomic E-state index is 10.4. The van der Waals surface area contributed by atoms with E-state index in [4.69, 9.17) is 21.1 Å². The first kappa shape index (κ1) is 20.1. The van der Waals surface area contributed by atoms with Crippen LogP contribution in [0, 0.1) is 5.92 Å². The second-order valence-corrected chi connectivity index (χ2v) is 8.11. The summed E-state index contributed by atoms with van der Waals surface area (Å²) in [5.41, 5.74) is 1.04. The van der Waals surface area contributed by atoms with Crippen molar-refractivity contribution in [2.24, 2.45) is 5.92 Å². The van der Waals surface area contributed by atoms with Crippen LogP contribution in [-0.2, 0) is 0 Å². The zero-order valence-corrected chi connectivity index (χ0v) is 17.1. The van der Waals surface area contributed by atoms with Crippen LogP contribution < -0.4 is 9.47 Å². The summed E-state index contributed by atoms with van der Waals surface area (Å²) < 4.78 is 11.8. The molecule has 1 unspecified atom stereocenters. The van der Waals surface area contributed by atoms with E-state index < -0.39 is 6.10 Å². The quantitative estimate of drug-likeness (QED) is 0.575. The molecular weight excluding hydrogens is 388 g/mol. The normalized spacial score (nSPS) is 16.8. The largest absolute Gasteiger partial charge is 0.493 e. The van der Waals surface area contributed by atoms with Crippen molar-refractivity contribution in [1.82, 2.24) is 9.88 Å². The molecule has 4 rings (SSSR count). The van der Waals surface area contributed by atoms with Crippen molar-refractivity contribution in [2.45, 2.75) is 18.9 Å². The van der Waals surface area contributed by atoms with Crippen LogP contribution in [-0.4, -0.2) is 53.9 Å². The Balaban J connectivity index is 1.18. The minimum absolute atomic E-state index is 0.294. The molecule has 0 amide bonds. The number of aliphatic hydroxyl groups is 1. The molecule has 1 fully saturated rings. The molecule has 1 saturated heterocycles. The summed E-state index contributed by atoms with van der Waals surface area (Å²) in [4.78, 5) is 5.48. The van der Waals surface area contributed by atoms with Crippen LogP contribution in [0.15, 0.2) is 54.7 Å². The molecule has 0 spiro atoms. The number of aliphatic hydroxyl groups excluding tert-OH is 1. The van der Waals surface area contributed by atoms with E-state index in [1.165, 1.54) is 0 Å². The Bertz CT molecular complexity index is 921. The van der Waals surface area contributed by atoms with Crippen LogP contribution in [0.3, 0.4) is 0 Å². The number of aromatic nitrogens is 1. The lowest BCUT2D eigenvalue weighted by Crippen LogP contribution is -2.41. The van der Waals surface area contributed by atoms with E-state index in [1.807, 2.05) is 54.7 Å². The van der Waals surface area contributed by atoms with Crippen LogP contribution in [0.1, 0.15) is 12.8 Å². The van der Waals surface area contributed by atoms with Crippen LogP contribution in [0.25, 0.3) is 10.9 Å². The fraction of sp³-hybridized carbons (Fsp3) is 0.391. The number of fused-ring (bicyclic) bond motifs is 1. The molecule has 29 heavy (non-hydrogen) atoms. The lowest BCUT2D eigenvalue weighted by Gasteiger charge is -2.33. The van der Waals surface area contributed by atoms with Gasteiger partial charge < -0.3 is 24.5 Å². The van der Waals surface area contributed by atoms with E-state index in [9.17, 15) is 5.11 Å². The first-order valence-electron chi connectivity index (χ1n) is 10.1. The number of hydrogen-bond donors (Lipinski definition) is 2. The van der Waals surface area contributed by atoms with Gasteiger partial charge in [-0.15, -0.1) is 0 Å². The number of piperidine rings is 1. The summed E-state index contributed by atoms with van der Waals surface area (Å²) in [6.07, 6.45) is 3.52. The molecule has 1 atom stereocenters. The van der Waals surface area contributed by atoms with Crippen molar-refractivity contribution in [3.8, 4) is 11.5 Å². The number of rotatable bonds is 8. The van der Waals surface area contributed by atoms with Crippen LogP contribution in [0.2, 0.25) is 5.02 Å². The molecular formula is C23H27ClN2O3. The van der Waals surface area contributed by atoms with Crippen molar-refractivity contribution >= 4 is 22.5 Å². The lowest BCUT2D eigenvalue weighted by atomic mass is 9.97. The highest BCUT2D eigenvalue weighted by molar-refractivity contribution is 6.30. The zero-order valence-electron chi connectivity index (χ0n) is 16.4. The standard InChI is InChI=1S/C23H27ClN2O3/c24-18-3-1-4-20(13-18)28-15-17-8-11-26(12-9-17)14-19(27)16-29-23-6-2-5-22-21(23)7-10-25-22/h1-7,10,13,17,19,25,27H,8-9,11-12,14-16H2. The summed E-state index contributed by atoms with van der Waals surface area (Å²) >= 11 is 6.00. The van der Waals surface area contributed by atoms with Gasteiger partial charge in [0, 0.05) is 28.7 Å². The minimum Gasteiger partial charge on any atom is -0.493 e. The number of nitrogens with one attached hydrogen (secondary N) is 1. The maximum Gasteiger partial charge on any atom is 0.128 e. The van der Waals surface area contributed by atoms with Gasteiger partial charge in [-0.05, 0) is 68.2 Å². The molecule has 1 aliphatic heterocycles. The molecule has 2 aromatic carbocycles. The van der Waals surface area contributed by atoms with E-state index in [-0.39, 0.29) is 0 Å². The average Bonchev–Trinajstić information content (AvgIpc) is 3.21. The number of H-pyrrole nitrogens is 1. The van der Waals surface area contributed by atoms with Gasteiger partial charge in [0.1, 0.15) is 24.2 Å². The first-order chi connectivity index (χ1) is 14.2. The summed E-state index contributed by atoms with van der Waals surface area (Å²) in [6, 6.07) is 15.4. The first-order valence-corrected chi connectivity index (χ1v) is 10.5. The number of hydrogen-bond acceptors (Lipinski definition) is 4. The third-order valence-corrected chi connectivity index (χ3v) is 5.68. The molecule has 0 aliphatic carbocycles. The maximum atomic E-state index is 10.4. The SMILES string of the molecule is OC(COc1cccc2[nH]ccc12)CN1CCC(COc2cccc(Cl)c2)CC1. The second kappa shape index (κ2) is 9.53. The van der Waals surface area contributed by atoms with Crippen LogP contribution in [0.5, 0.6) is 11.5 Å². The Hall–Kier alpha value is -2.21. The molecule has 2 heterocycles. The van der Waals surface area contributed by atoms with Gasteiger partial charge in [-0.25, -0.2) is 0 Å². The van der Waals surface area contributed by atoms with Gasteiger partial charge in [-0.2, -0.15) is 0 Å². The topological polar surface area (TPSA) is 57.7 Å². The van der Waals surface area contributed by atoms with Crippen LogP contribution in [0.4, 0.5) is 0 Å². The summed E-state index contributed by atoms with van der Waals surface area (Å²) in [5.74, 6) is 2.16. The van der Waals surface area contributed by atoms with Crippen LogP contribution >= 0.6 is 11.6 Å². The van der Waals surface area contributed by atoms with Crippen molar-refractivity contribution < 1.29 is 14.6 Å². The number of aromatic amines is 1. The Labute approximate surface area is 176 Å². The van der Waals surface area contributed by atoms with Gasteiger partial charge in [0.15, 0.2) is 0 Å². The molecule has 0 bridgehead atoms. The Morgan fingerprint density at radius 2 is 1.93 bits per heavy atom. The molecule has 5 nitrogen and oxygen atoms in total. The van der Waals surface area contributed by atoms with Gasteiger partial charge in [0.25, 0.3) is 0 Å². The monoisotopic (exact) mass is 414 g/mol. The van der Waals surface area contributed by atoms with E-state index in [1.54, 1.807) is 0 Å². The third-order valence-electron chi connectivity index (χ3n) is 5.44. The minimum atomic E-state index is -0.511. The zero-order chi connectivity index (χ0) is 20.1. The molecule has 0 saturated carbocycles. The highest BCUT2D eigenvalue weighted by Crippen LogP contribution is 2.25. The molecule has 1 aliphatic rings. The Morgan fingerprint density at radius 3 is 2.76 bits per heavy atom. The molecule has 3 aromatic rings. The van der Waals surface area contributed by atoms with Gasteiger partial charge in [0.05, 0.1) is 6.61 Å². The average molecular weight is 415 g/mol. The van der Waals surface area contributed by atoms with E-state index in [0.29, 0.717) is 30.7 Å². The Kier molecular flexibility index (Phi) is 6.60. The Morgan fingerprint density at radius 1 is 1.10 bits per heavy atom. The second-order valence-electron chi connectivity index (χ2n) is 7.67. The van der Waals surface area contributed by atoms with Crippen molar-refractivity contribution in [3.63, 3.8) is 0 Å². The fourth-order valence-corrected chi connectivity index (χ4v) is 4.01. The molecule has 6 heteroatoms. The molecule has 154 valence electrons. The number of nitrogens with zero attached hydrogens (tertiary/aromatic N) is 1. The number of ether oxygens (including phenoxy) is 2. The highest BCUT2D eigenvalue weighted by Gasteiger charge is 2.22. The summed E-state index contributed by atoms with van der Waals surface area (Å²) in [5, 5.41) is 12.2. The van der Waals surface area contributed by atoms with Crippen molar-refractivity contribution in [1.29, 1.82) is 0 Å². The highest BCUT2D eigenvalue weighted by atomic mass is 35.5. The van der Waals surface area contributed by atoms with Crippen molar-refractivity contribution in [2.75, 3.05) is 32.8 Å². The van der Waals surface area contributed by atoms with Gasteiger partial charge in [0.2, 0.25) is 0 Å². The lowest BCUT2D eigenvalue weighted by molar-refractivity contribution is 0.0507.